The highest BCUT2D eigenvalue weighted by Crippen LogP contribution is 2.29. The number of pyridine rings is 1. The number of carbonyl (C=O) groups is 1. The van der Waals surface area contributed by atoms with Gasteiger partial charge in [-0.05, 0) is 12.8 Å². The van der Waals surface area contributed by atoms with Crippen LogP contribution in [0.1, 0.15) is 12.8 Å². The fourth-order valence-corrected chi connectivity index (χ4v) is 3.64. The molecule has 1 aromatic rings. The van der Waals surface area contributed by atoms with Gasteiger partial charge < -0.3 is 10.1 Å². The van der Waals surface area contributed by atoms with E-state index >= 15 is 0 Å². The molecule has 0 radical (unpaired) electrons. The van der Waals surface area contributed by atoms with Crippen LogP contribution in [0.4, 0.5) is 5.82 Å². The molecule has 0 aliphatic carbocycles. The van der Waals surface area contributed by atoms with E-state index in [0.29, 0.717) is 18.8 Å². The molecule has 2 aliphatic heterocycles. The maximum Gasteiger partial charge on any atom is 0.263 e. The number of rotatable bonds is 2. The zero-order valence-electron chi connectivity index (χ0n) is 10.1. The first kappa shape index (κ1) is 12.4. The first-order valence-electron chi connectivity index (χ1n) is 6.00. The molecule has 0 aromatic carbocycles. The van der Waals surface area contributed by atoms with Crippen LogP contribution in [0.3, 0.4) is 0 Å². The van der Waals surface area contributed by atoms with Gasteiger partial charge in [-0.3, -0.25) is 4.79 Å². The quantitative estimate of drug-likeness (QED) is 0.837. The lowest BCUT2D eigenvalue weighted by molar-refractivity contribution is -0.118. The van der Waals surface area contributed by atoms with Crippen molar-refractivity contribution in [1.82, 2.24) is 9.29 Å². The Hall–Kier alpha value is -1.67. The van der Waals surface area contributed by atoms with Crippen molar-refractivity contribution in [2.75, 3.05) is 25.0 Å². The lowest BCUT2D eigenvalue weighted by Gasteiger charge is -2.19. The van der Waals surface area contributed by atoms with Gasteiger partial charge in [0.2, 0.25) is 10.0 Å². The normalized spacial score (nSPS) is 19.7. The second kappa shape index (κ2) is 4.46. The van der Waals surface area contributed by atoms with Crippen molar-refractivity contribution in [3.05, 3.63) is 12.3 Å². The van der Waals surface area contributed by atoms with Crippen molar-refractivity contribution in [3.63, 3.8) is 0 Å². The number of fused-ring (bicyclic) bond motifs is 1. The molecule has 2 aliphatic rings. The van der Waals surface area contributed by atoms with Crippen LogP contribution in [0.2, 0.25) is 0 Å². The summed E-state index contributed by atoms with van der Waals surface area (Å²) in [5, 5.41) is 2.52. The van der Waals surface area contributed by atoms with Crippen molar-refractivity contribution in [1.29, 1.82) is 0 Å². The molecule has 7 nitrogen and oxygen atoms in total. The molecule has 1 amide bonds. The highest BCUT2D eigenvalue weighted by molar-refractivity contribution is 7.89. The maximum absolute atomic E-state index is 12.3. The number of sulfonamides is 1. The average Bonchev–Trinajstić information content (AvgIpc) is 2.92. The first-order valence-corrected chi connectivity index (χ1v) is 7.44. The van der Waals surface area contributed by atoms with E-state index in [0.717, 1.165) is 12.8 Å². The Bertz CT molecular complexity index is 623. The lowest BCUT2D eigenvalue weighted by Crippen LogP contribution is -2.29. The molecular weight excluding hydrogens is 270 g/mol. The van der Waals surface area contributed by atoms with Crippen molar-refractivity contribution in [2.24, 2.45) is 0 Å². The molecule has 0 unspecified atom stereocenters. The molecule has 102 valence electrons. The van der Waals surface area contributed by atoms with Crippen LogP contribution in [0.15, 0.2) is 17.2 Å². The smallest absolute Gasteiger partial charge is 0.263 e. The van der Waals surface area contributed by atoms with Gasteiger partial charge in [0.1, 0.15) is 4.90 Å². The van der Waals surface area contributed by atoms with Crippen LogP contribution in [-0.2, 0) is 14.8 Å². The predicted octanol–water partition coefficient (Wildman–Crippen LogP) is 0.197. The number of hydrogen-bond donors (Lipinski definition) is 1. The third kappa shape index (κ3) is 2.17. The second-order valence-corrected chi connectivity index (χ2v) is 6.40. The van der Waals surface area contributed by atoms with Gasteiger partial charge in [-0.1, -0.05) is 0 Å². The topological polar surface area (TPSA) is 88.6 Å². The first-order chi connectivity index (χ1) is 9.07. The van der Waals surface area contributed by atoms with Crippen molar-refractivity contribution >= 4 is 21.7 Å². The van der Waals surface area contributed by atoms with Gasteiger partial charge in [0, 0.05) is 25.4 Å². The number of nitrogens with one attached hydrogen (secondary N) is 1. The van der Waals surface area contributed by atoms with Gasteiger partial charge in [0.05, 0.1) is 0 Å². The van der Waals surface area contributed by atoms with Crippen LogP contribution in [-0.4, -0.2) is 43.3 Å². The number of amides is 1. The van der Waals surface area contributed by atoms with Gasteiger partial charge in [0.15, 0.2) is 18.2 Å². The van der Waals surface area contributed by atoms with E-state index in [1.807, 2.05) is 0 Å². The summed E-state index contributed by atoms with van der Waals surface area (Å²) in [5.41, 5.74) is 0. The summed E-state index contributed by atoms with van der Waals surface area (Å²) in [7, 11) is -3.51. The SMILES string of the molecule is O=C1COc2cc(S(=O)(=O)N3CCCC3)cnc2N1. The van der Waals surface area contributed by atoms with Crippen LogP contribution < -0.4 is 10.1 Å². The summed E-state index contributed by atoms with van der Waals surface area (Å²) in [5.74, 6) is 0.256. The highest BCUT2D eigenvalue weighted by Gasteiger charge is 2.29. The summed E-state index contributed by atoms with van der Waals surface area (Å²) in [6, 6.07) is 1.41. The summed E-state index contributed by atoms with van der Waals surface area (Å²) < 4.78 is 31.3. The minimum Gasteiger partial charge on any atom is -0.480 e. The van der Waals surface area contributed by atoms with E-state index in [1.54, 1.807) is 0 Å². The molecule has 1 fully saturated rings. The molecule has 0 spiro atoms. The van der Waals surface area contributed by atoms with Crippen LogP contribution >= 0.6 is 0 Å². The molecule has 0 atom stereocenters. The monoisotopic (exact) mass is 283 g/mol. The number of hydrogen-bond acceptors (Lipinski definition) is 5. The number of ether oxygens (including phenoxy) is 1. The average molecular weight is 283 g/mol. The molecule has 3 rings (SSSR count). The summed E-state index contributed by atoms with van der Waals surface area (Å²) in [4.78, 5) is 15.2. The van der Waals surface area contributed by atoms with Crippen molar-refractivity contribution in [3.8, 4) is 5.75 Å². The Kier molecular flexibility index (Phi) is 2.90. The van der Waals surface area contributed by atoms with Gasteiger partial charge in [-0.2, -0.15) is 4.31 Å². The number of aromatic nitrogens is 1. The minimum atomic E-state index is -3.51. The molecule has 0 bridgehead atoms. The Labute approximate surface area is 110 Å². The maximum atomic E-state index is 12.3. The van der Waals surface area contributed by atoms with Crippen molar-refractivity contribution in [2.45, 2.75) is 17.7 Å². The van der Waals surface area contributed by atoms with E-state index in [4.69, 9.17) is 4.74 Å². The Balaban J connectivity index is 1.96. The van der Waals surface area contributed by atoms with E-state index in [9.17, 15) is 13.2 Å². The van der Waals surface area contributed by atoms with Crippen LogP contribution in [0, 0.1) is 0 Å². The van der Waals surface area contributed by atoms with Gasteiger partial charge in [-0.25, -0.2) is 13.4 Å². The molecule has 1 saturated heterocycles. The molecular formula is C11H13N3O4S. The van der Waals surface area contributed by atoms with E-state index in [-0.39, 0.29) is 23.2 Å². The third-order valence-electron chi connectivity index (χ3n) is 3.15. The van der Waals surface area contributed by atoms with Gasteiger partial charge in [-0.15, -0.1) is 0 Å². The molecule has 1 N–H and O–H groups in total. The van der Waals surface area contributed by atoms with E-state index in [2.05, 4.69) is 10.3 Å². The third-order valence-corrected chi connectivity index (χ3v) is 5.01. The molecule has 8 heteroatoms. The molecule has 0 saturated carbocycles. The van der Waals surface area contributed by atoms with Gasteiger partial charge >= 0.3 is 0 Å². The van der Waals surface area contributed by atoms with Crippen molar-refractivity contribution < 1.29 is 17.9 Å². The highest BCUT2D eigenvalue weighted by atomic mass is 32.2. The Morgan fingerprint density at radius 3 is 2.79 bits per heavy atom. The number of anilines is 1. The fraction of sp³-hybridized carbons (Fsp3) is 0.455. The second-order valence-electron chi connectivity index (χ2n) is 4.47. The summed E-state index contributed by atoms with van der Waals surface area (Å²) in [6.45, 7) is 0.954. The Morgan fingerprint density at radius 2 is 2.05 bits per heavy atom. The zero-order valence-corrected chi connectivity index (χ0v) is 10.9. The van der Waals surface area contributed by atoms with Crippen LogP contribution in [0.25, 0.3) is 0 Å². The van der Waals surface area contributed by atoms with Crippen LogP contribution in [0.5, 0.6) is 5.75 Å². The number of carbonyl (C=O) groups excluding carboxylic acids is 1. The minimum absolute atomic E-state index is 0.101. The van der Waals surface area contributed by atoms with E-state index in [1.165, 1.54) is 16.6 Å². The lowest BCUT2D eigenvalue weighted by atomic mass is 10.4. The molecule has 3 heterocycles. The zero-order chi connectivity index (χ0) is 13.5. The summed E-state index contributed by atoms with van der Waals surface area (Å²) >= 11 is 0. The van der Waals surface area contributed by atoms with Gasteiger partial charge in [0.25, 0.3) is 5.91 Å². The fourth-order valence-electron chi connectivity index (χ4n) is 2.16. The summed E-state index contributed by atoms with van der Waals surface area (Å²) in [6.07, 6.45) is 3.01. The largest absolute Gasteiger partial charge is 0.480 e. The van der Waals surface area contributed by atoms with E-state index < -0.39 is 10.0 Å². The molecule has 19 heavy (non-hydrogen) atoms. The number of nitrogens with zero attached hydrogens (tertiary/aromatic N) is 2. The molecule has 1 aromatic heterocycles. The standard InChI is InChI=1S/C11H13N3O4S/c15-10-7-18-9-5-8(6-12-11(9)13-10)19(16,17)14-3-1-2-4-14/h5-6H,1-4,7H2,(H,12,13,15). The predicted molar refractivity (Wildman–Crippen MR) is 66.4 cm³/mol. The Morgan fingerprint density at radius 1 is 1.32 bits per heavy atom.